The van der Waals surface area contributed by atoms with Gasteiger partial charge in [0.1, 0.15) is 24.4 Å². The Hall–Kier alpha value is -0.990. The van der Waals surface area contributed by atoms with Gasteiger partial charge in [0.15, 0.2) is 0 Å². The topological polar surface area (TPSA) is 116 Å². The summed E-state index contributed by atoms with van der Waals surface area (Å²) in [5.41, 5.74) is 0.699. The monoisotopic (exact) mass is 262 g/mol. The van der Waals surface area contributed by atoms with Gasteiger partial charge in [-0.1, -0.05) is 5.57 Å². The first kappa shape index (κ1) is 15.1. The molecule has 7 nitrogen and oxygen atoms in total. The highest BCUT2D eigenvalue weighted by molar-refractivity contribution is 5.82. The molecule has 7 heteroatoms. The first-order valence-corrected chi connectivity index (χ1v) is 5.53. The second kappa shape index (κ2) is 6.26. The van der Waals surface area contributed by atoms with Crippen molar-refractivity contribution in [1.82, 2.24) is 0 Å². The minimum atomic E-state index is -1.57. The maximum atomic E-state index is 11.4. The molecule has 0 spiro atoms. The van der Waals surface area contributed by atoms with E-state index in [0.717, 1.165) is 0 Å². The zero-order valence-corrected chi connectivity index (χ0v) is 10.2. The molecule has 104 valence electrons. The zero-order chi connectivity index (χ0) is 13.9. The molecule has 0 aromatic rings. The molecule has 0 saturated carbocycles. The number of ether oxygens (including phenoxy) is 2. The van der Waals surface area contributed by atoms with Crippen LogP contribution in [0, 0.1) is 0 Å². The second-order valence-corrected chi connectivity index (χ2v) is 4.36. The lowest BCUT2D eigenvalue weighted by Gasteiger charge is -2.38. The molecule has 1 saturated heterocycles. The summed E-state index contributed by atoms with van der Waals surface area (Å²) >= 11 is 0. The molecule has 0 aromatic carbocycles. The lowest BCUT2D eigenvalue weighted by atomic mass is 9.99. The van der Waals surface area contributed by atoms with E-state index in [1.807, 2.05) is 0 Å². The lowest BCUT2D eigenvalue weighted by molar-refractivity contribution is -0.291. The molecule has 1 aliphatic rings. The van der Waals surface area contributed by atoms with E-state index in [9.17, 15) is 20.1 Å². The molecule has 4 N–H and O–H groups in total. The van der Waals surface area contributed by atoms with Gasteiger partial charge in [-0.25, -0.2) is 4.79 Å². The van der Waals surface area contributed by atoms with E-state index in [1.54, 1.807) is 13.8 Å². The molecular formula is C11H18O7. The fourth-order valence-corrected chi connectivity index (χ4v) is 1.55. The van der Waals surface area contributed by atoms with Gasteiger partial charge in [0.2, 0.25) is 6.29 Å². The van der Waals surface area contributed by atoms with Crippen LogP contribution < -0.4 is 0 Å². The van der Waals surface area contributed by atoms with E-state index in [4.69, 9.17) is 14.6 Å². The largest absolute Gasteiger partial charge is 0.430 e. The Labute approximate surface area is 104 Å². The standard InChI is InChI=1S/C11H18O7/c1-5(2)3-7(13)18-11-10(16)9(15)8(14)6(4-12)17-11/h3,6,8-12,14-16H,4H2,1-2H3/t6-,8-,9+,10-,11+/m1/s1. The van der Waals surface area contributed by atoms with Crippen LogP contribution in [-0.2, 0) is 14.3 Å². The van der Waals surface area contributed by atoms with Crippen LogP contribution in [0.2, 0.25) is 0 Å². The SMILES string of the molecule is CC(C)=CC(=O)O[C@@H]1O[C@H](CO)[C@@H](O)[C@H](O)[C@H]1O. The summed E-state index contributed by atoms with van der Waals surface area (Å²) < 4.78 is 9.80. The Balaban J connectivity index is 2.70. The normalized spacial score (nSPS) is 36.0. The molecule has 1 rings (SSSR count). The summed E-state index contributed by atoms with van der Waals surface area (Å²) in [5.74, 6) is -0.737. The van der Waals surface area contributed by atoms with Gasteiger partial charge < -0.3 is 29.9 Å². The first-order chi connectivity index (χ1) is 8.36. The molecule has 0 radical (unpaired) electrons. The van der Waals surface area contributed by atoms with Crippen LogP contribution in [0.4, 0.5) is 0 Å². The average Bonchev–Trinajstić information content (AvgIpc) is 2.29. The highest BCUT2D eigenvalue weighted by atomic mass is 16.7. The van der Waals surface area contributed by atoms with Crippen molar-refractivity contribution in [2.45, 2.75) is 44.6 Å². The van der Waals surface area contributed by atoms with Crippen molar-refractivity contribution >= 4 is 5.97 Å². The number of rotatable bonds is 3. The molecule has 0 amide bonds. The van der Waals surface area contributed by atoms with Crippen LogP contribution in [0.15, 0.2) is 11.6 Å². The third kappa shape index (κ3) is 3.50. The average molecular weight is 262 g/mol. The van der Waals surface area contributed by atoms with E-state index in [1.165, 1.54) is 6.08 Å². The van der Waals surface area contributed by atoms with Gasteiger partial charge in [-0.05, 0) is 13.8 Å². The van der Waals surface area contributed by atoms with E-state index in [0.29, 0.717) is 5.57 Å². The summed E-state index contributed by atoms with van der Waals surface area (Å²) in [5, 5.41) is 37.5. The fourth-order valence-electron chi connectivity index (χ4n) is 1.55. The number of hydrogen-bond donors (Lipinski definition) is 4. The van der Waals surface area contributed by atoms with Crippen LogP contribution in [-0.4, -0.2) is 63.7 Å². The number of carbonyl (C=O) groups is 1. The molecule has 0 bridgehead atoms. The molecular weight excluding hydrogens is 244 g/mol. The maximum absolute atomic E-state index is 11.4. The highest BCUT2D eigenvalue weighted by Crippen LogP contribution is 2.22. The van der Waals surface area contributed by atoms with Crippen LogP contribution in [0.25, 0.3) is 0 Å². The Bertz CT molecular complexity index is 321. The Morgan fingerprint density at radius 2 is 1.83 bits per heavy atom. The lowest BCUT2D eigenvalue weighted by Crippen LogP contribution is -2.59. The van der Waals surface area contributed by atoms with Gasteiger partial charge in [-0.2, -0.15) is 0 Å². The third-order valence-electron chi connectivity index (χ3n) is 2.49. The van der Waals surface area contributed by atoms with Crippen LogP contribution >= 0.6 is 0 Å². The molecule has 1 aliphatic heterocycles. The number of esters is 1. The van der Waals surface area contributed by atoms with Gasteiger partial charge in [0, 0.05) is 6.08 Å². The summed E-state index contributed by atoms with van der Waals surface area (Å²) in [6, 6.07) is 0. The predicted molar refractivity (Wildman–Crippen MR) is 59.3 cm³/mol. The molecule has 1 fully saturated rings. The summed E-state index contributed by atoms with van der Waals surface area (Å²) in [6.45, 7) is 2.81. The van der Waals surface area contributed by atoms with Crippen molar-refractivity contribution in [2.24, 2.45) is 0 Å². The van der Waals surface area contributed by atoms with Crippen molar-refractivity contribution in [3.8, 4) is 0 Å². The van der Waals surface area contributed by atoms with E-state index in [2.05, 4.69) is 0 Å². The first-order valence-electron chi connectivity index (χ1n) is 5.53. The Kier molecular flexibility index (Phi) is 5.24. The van der Waals surface area contributed by atoms with Gasteiger partial charge in [0.05, 0.1) is 6.61 Å². The van der Waals surface area contributed by atoms with Crippen LogP contribution in [0.1, 0.15) is 13.8 Å². The number of carbonyl (C=O) groups excluding carboxylic acids is 1. The van der Waals surface area contributed by atoms with Crippen molar-refractivity contribution in [3.63, 3.8) is 0 Å². The van der Waals surface area contributed by atoms with Crippen LogP contribution in [0.3, 0.4) is 0 Å². The minimum absolute atomic E-state index is 0.568. The third-order valence-corrected chi connectivity index (χ3v) is 2.49. The Morgan fingerprint density at radius 3 is 2.33 bits per heavy atom. The molecule has 0 unspecified atom stereocenters. The van der Waals surface area contributed by atoms with Gasteiger partial charge >= 0.3 is 5.97 Å². The van der Waals surface area contributed by atoms with Crippen molar-refractivity contribution in [2.75, 3.05) is 6.61 Å². The number of aliphatic hydroxyl groups excluding tert-OH is 4. The van der Waals surface area contributed by atoms with E-state index < -0.39 is 43.3 Å². The summed E-state index contributed by atoms with van der Waals surface area (Å²) in [6.07, 6.45) is -5.92. The molecule has 1 heterocycles. The Morgan fingerprint density at radius 1 is 1.22 bits per heavy atom. The minimum Gasteiger partial charge on any atom is -0.430 e. The quantitative estimate of drug-likeness (QED) is 0.353. The van der Waals surface area contributed by atoms with Crippen LogP contribution in [0.5, 0.6) is 0 Å². The van der Waals surface area contributed by atoms with Gasteiger partial charge in [0.25, 0.3) is 0 Å². The molecule has 18 heavy (non-hydrogen) atoms. The second-order valence-electron chi connectivity index (χ2n) is 4.36. The van der Waals surface area contributed by atoms with Gasteiger partial charge in [-0.3, -0.25) is 0 Å². The maximum Gasteiger partial charge on any atom is 0.333 e. The molecule has 0 aromatic heterocycles. The summed E-state index contributed by atoms with van der Waals surface area (Å²) in [4.78, 5) is 11.4. The van der Waals surface area contributed by atoms with Crippen molar-refractivity contribution in [1.29, 1.82) is 0 Å². The predicted octanol–water partition coefficient (Wildman–Crippen LogP) is -1.70. The number of hydrogen-bond acceptors (Lipinski definition) is 7. The fraction of sp³-hybridized carbons (Fsp3) is 0.727. The van der Waals surface area contributed by atoms with Crippen molar-refractivity contribution in [3.05, 3.63) is 11.6 Å². The number of aliphatic hydroxyl groups is 4. The van der Waals surface area contributed by atoms with Gasteiger partial charge in [-0.15, -0.1) is 0 Å². The van der Waals surface area contributed by atoms with Crippen molar-refractivity contribution < 1.29 is 34.7 Å². The number of allylic oxidation sites excluding steroid dienone is 1. The summed E-state index contributed by atoms with van der Waals surface area (Å²) in [7, 11) is 0. The highest BCUT2D eigenvalue weighted by Gasteiger charge is 2.45. The van der Waals surface area contributed by atoms with E-state index in [-0.39, 0.29) is 0 Å². The molecule has 5 atom stereocenters. The van der Waals surface area contributed by atoms with E-state index >= 15 is 0 Å². The molecule has 0 aliphatic carbocycles. The smallest absolute Gasteiger partial charge is 0.333 e. The zero-order valence-electron chi connectivity index (χ0n) is 10.2.